The van der Waals surface area contributed by atoms with Crippen molar-refractivity contribution >= 4 is 11.8 Å². The Balaban J connectivity index is 2.39. The molecule has 0 radical (unpaired) electrons. The molecule has 0 saturated carbocycles. The van der Waals surface area contributed by atoms with Crippen LogP contribution in [0.5, 0.6) is 0 Å². The summed E-state index contributed by atoms with van der Waals surface area (Å²) in [5.74, 6) is 0.799. The number of hydrogen-bond donors (Lipinski definition) is 0. The highest BCUT2D eigenvalue weighted by Gasteiger charge is 2.39. The van der Waals surface area contributed by atoms with E-state index in [1.807, 2.05) is 0 Å². The molecule has 0 aliphatic carbocycles. The van der Waals surface area contributed by atoms with Crippen molar-refractivity contribution in [2.24, 2.45) is 5.41 Å². The third-order valence-corrected chi connectivity index (χ3v) is 4.05. The second-order valence-corrected chi connectivity index (χ2v) is 5.83. The lowest BCUT2D eigenvalue weighted by Crippen LogP contribution is -2.40. The summed E-state index contributed by atoms with van der Waals surface area (Å²) in [5.41, 5.74) is 0.961. The molecule has 2 aliphatic rings. The lowest BCUT2D eigenvalue weighted by Gasteiger charge is -2.38. The number of nitriles is 2. The van der Waals surface area contributed by atoms with E-state index in [0.717, 1.165) is 29.3 Å². The fourth-order valence-electron chi connectivity index (χ4n) is 2.18. The first-order valence-corrected chi connectivity index (χ1v) is 5.98. The lowest BCUT2D eigenvalue weighted by atomic mass is 9.83. The van der Waals surface area contributed by atoms with Gasteiger partial charge in [-0.1, -0.05) is 13.8 Å². The van der Waals surface area contributed by atoms with Gasteiger partial charge < -0.3 is 4.90 Å². The van der Waals surface area contributed by atoms with Gasteiger partial charge in [-0.15, -0.1) is 11.8 Å². The third kappa shape index (κ3) is 1.70. The van der Waals surface area contributed by atoms with Crippen molar-refractivity contribution < 1.29 is 0 Å². The van der Waals surface area contributed by atoms with Crippen molar-refractivity contribution in [1.29, 1.82) is 10.5 Å². The van der Waals surface area contributed by atoms with Crippen molar-refractivity contribution in [2.75, 3.05) is 12.3 Å². The van der Waals surface area contributed by atoms with Crippen molar-refractivity contribution in [2.45, 2.75) is 26.3 Å². The number of thioether (sulfide) groups is 1. The van der Waals surface area contributed by atoms with Crippen molar-refractivity contribution in [3.8, 4) is 12.1 Å². The Morgan fingerprint density at radius 2 is 2.20 bits per heavy atom. The van der Waals surface area contributed by atoms with Crippen molar-refractivity contribution in [3.05, 3.63) is 10.6 Å². The molecule has 4 heteroatoms. The molecule has 2 heterocycles. The molecule has 0 spiro atoms. The first-order valence-electron chi connectivity index (χ1n) is 5.00. The van der Waals surface area contributed by atoms with E-state index in [9.17, 15) is 0 Å². The van der Waals surface area contributed by atoms with Crippen LogP contribution >= 0.6 is 11.8 Å². The molecule has 0 bridgehead atoms. The van der Waals surface area contributed by atoms with Gasteiger partial charge in [0.25, 0.3) is 0 Å². The van der Waals surface area contributed by atoms with Gasteiger partial charge in [0.05, 0.1) is 22.7 Å². The minimum absolute atomic E-state index is 0.0482. The van der Waals surface area contributed by atoms with Gasteiger partial charge >= 0.3 is 0 Å². The Hall–Kier alpha value is -1.13. The van der Waals surface area contributed by atoms with Crippen LogP contribution in [0, 0.1) is 28.1 Å². The molecule has 78 valence electrons. The van der Waals surface area contributed by atoms with E-state index >= 15 is 0 Å². The zero-order valence-corrected chi connectivity index (χ0v) is 9.77. The average Bonchev–Trinajstić information content (AvgIpc) is 2.57. The minimum atomic E-state index is -0.0482. The maximum absolute atomic E-state index is 9.10. The van der Waals surface area contributed by atoms with Crippen molar-refractivity contribution in [1.82, 2.24) is 4.90 Å². The fraction of sp³-hybridized carbons (Fsp3) is 0.636. The maximum atomic E-state index is 9.10. The van der Waals surface area contributed by atoms with Crippen LogP contribution in [0.2, 0.25) is 0 Å². The predicted octanol–water partition coefficient (Wildman–Crippen LogP) is 2.09. The zero-order chi connectivity index (χ0) is 11.1. The SMILES string of the molecule is CC1(C)CC(C#N)=C2SCC(C#N)N2C1. The minimum Gasteiger partial charge on any atom is -0.348 e. The molecule has 0 aromatic rings. The summed E-state index contributed by atoms with van der Waals surface area (Å²) in [5, 5.41) is 19.2. The molecule has 1 unspecified atom stereocenters. The highest BCUT2D eigenvalue weighted by Crippen LogP contribution is 2.44. The van der Waals surface area contributed by atoms with Crippen LogP contribution in [-0.2, 0) is 0 Å². The highest BCUT2D eigenvalue weighted by atomic mass is 32.2. The summed E-state index contributed by atoms with van der Waals surface area (Å²) in [4.78, 5) is 2.10. The van der Waals surface area contributed by atoms with E-state index in [1.165, 1.54) is 0 Å². The lowest BCUT2D eigenvalue weighted by molar-refractivity contribution is 0.197. The van der Waals surface area contributed by atoms with Crippen LogP contribution < -0.4 is 0 Å². The third-order valence-electron chi connectivity index (χ3n) is 2.81. The Morgan fingerprint density at radius 3 is 2.80 bits per heavy atom. The molecule has 3 nitrogen and oxygen atoms in total. The van der Waals surface area contributed by atoms with E-state index < -0.39 is 0 Å². The van der Waals surface area contributed by atoms with Crippen LogP contribution in [-0.4, -0.2) is 23.2 Å². The summed E-state index contributed by atoms with van der Waals surface area (Å²) in [6.45, 7) is 5.19. The molecule has 2 rings (SSSR count). The standard InChI is InChI=1S/C11H13N3S/c1-11(2)3-8(4-12)10-14(7-11)9(5-13)6-15-10/h9H,3,6-7H2,1-2H3. The van der Waals surface area contributed by atoms with Gasteiger partial charge in [0.2, 0.25) is 0 Å². The van der Waals surface area contributed by atoms with Crippen molar-refractivity contribution in [3.63, 3.8) is 0 Å². The van der Waals surface area contributed by atoms with Gasteiger partial charge in [0.15, 0.2) is 0 Å². The van der Waals surface area contributed by atoms with E-state index in [-0.39, 0.29) is 11.5 Å². The maximum Gasteiger partial charge on any atom is 0.126 e. The van der Waals surface area contributed by atoms with Gasteiger partial charge in [-0.2, -0.15) is 10.5 Å². The summed E-state index contributed by atoms with van der Waals surface area (Å²) in [6.07, 6.45) is 0.834. The van der Waals surface area contributed by atoms with Gasteiger partial charge in [-0.05, 0) is 11.8 Å². The Morgan fingerprint density at radius 1 is 1.47 bits per heavy atom. The van der Waals surface area contributed by atoms with Crippen LogP contribution in [0.25, 0.3) is 0 Å². The number of rotatable bonds is 0. The molecule has 2 aliphatic heterocycles. The molecule has 1 atom stereocenters. The largest absolute Gasteiger partial charge is 0.348 e. The molecule has 0 aromatic carbocycles. The second kappa shape index (κ2) is 3.47. The Bertz CT molecular complexity index is 397. The summed E-state index contributed by atoms with van der Waals surface area (Å²) < 4.78 is 0. The van der Waals surface area contributed by atoms with Gasteiger partial charge in [-0.3, -0.25) is 0 Å². The van der Waals surface area contributed by atoms with Crippen LogP contribution in [0.3, 0.4) is 0 Å². The first-order chi connectivity index (χ1) is 7.07. The summed E-state index contributed by atoms with van der Waals surface area (Å²) >= 11 is 1.65. The number of fused-ring (bicyclic) bond motifs is 1. The van der Waals surface area contributed by atoms with Gasteiger partial charge in [-0.25, -0.2) is 0 Å². The molecule has 1 saturated heterocycles. The number of allylic oxidation sites excluding steroid dienone is 1. The van der Waals surface area contributed by atoms with E-state index in [1.54, 1.807) is 11.8 Å². The quantitative estimate of drug-likeness (QED) is 0.626. The van der Waals surface area contributed by atoms with E-state index in [0.29, 0.717) is 0 Å². The monoisotopic (exact) mass is 219 g/mol. The first kappa shape index (κ1) is 10.4. The van der Waals surface area contributed by atoms with Crippen LogP contribution in [0.1, 0.15) is 20.3 Å². The average molecular weight is 219 g/mol. The highest BCUT2D eigenvalue weighted by molar-refractivity contribution is 8.03. The van der Waals surface area contributed by atoms with Gasteiger partial charge in [0, 0.05) is 12.3 Å². The molecular formula is C11H13N3S. The smallest absolute Gasteiger partial charge is 0.126 e. The predicted molar refractivity (Wildman–Crippen MR) is 59.6 cm³/mol. The molecular weight excluding hydrogens is 206 g/mol. The molecule has 0 aromatic heterocycles. The number of hydrogen-bond acceptors (Lipinski definition) is 4. The van der Waals surface area contributed by atoms with E-state index in [2.05, 4.69) is 30.9 Å². The second-order valence-electron chi connectivity index (χ2n) is 4.82. The Kier molecular flexibility index (Phi) is 2.40. The summed E-state index contributed by atoms with van der Waals surface area (Å²) in [6, 6.07) is 4.54. The zero-order valence-electron chi connectivity index (χ0n) is 8.95. The fourth-order valence-corrected chi connectivity index (χ4v) is 3.40. The van der Waals surface area contributed by atoms with Crippen LogP contribution in [0.15, 0.2) is 10.6 Å². The normalized spacial score (nSPS) is 28.3. The van der Waals surface area contributed by atoms with Crippen LogP contribution in [0.4, 0.5) is 0 Å². The Labute approximate surface area is 94.4 Å². The number of nitrogens with zero attached hydrogens (tertiary/aromatic N) is 3. The van der Waals surface area contributed by atoms with Gasteiger partial charge in [0.1, 0.15) is 6.04 Å². The molecule has 15 heavy (non-hydrogen) atoms. The topological polar surface area (TPSA) is 50.8 Å². The molecule has 0 N–H and O–H groups in total. The molecule has 1 fully saturated rings. The summed E-state index contributed by atoms with van der Waals surface area (Å²) in [7, 11) is 0. The molecule has 0 amide bonds. The van der Waals surface area contributed by atoms with E-state index in [4.69, 9.17) is 10.5 Å².